The van der Waals surface area contributed by atoms with E-state index in [4.69, 9.17) is 14.3 Å². The van der Waals surface area contributed by atoms with E-state index in [9.17, 15) is 13.7 Å². The van der Waals surface area contributed by atoms with Gasteiger partial charge in [-0.15, -0.1) is 11.3 Å². The Morgan fingerprint density at radius 1 is 1.45 bits per heavy atom. The molecule has 0 radical (unpaired) electrons. The lowest BCUT2D eigenvalue weighted by molar-refractivity contribution is 0.00556. The van der Waals surface area contributed by atoms with E-state index in [0.717, 1.165) is 17.4 Å². The van der Waals surface area contributed by atoms with Gasteiger partial charge in [-0.1, -0.05) is 20.8 Å². The third-order valence-electron chi connectivity index (χ3n) is 3.98. The Labute approximate surface area is 136 Å². The highest BCUT2D eigenvalue weighted by Gasteiger charge is 2.40. The van der Waals surface area contributed by atoms with E-state index in [1.54, 1.807) is 0 Å². The molecule has 0 amide bonds. The van der Waals surface area contributed by atoms with Gasteiger partial charge in [0, 0.05) is 4.88 Å². The highest BCUT2D eigenvalue weighted by Crippen LogP contribution is 2.39. The number of hydrogen-bond donors (Lipinski definition) is 3. The first kappa shape index (κ1) is 19.7. The fourth-order valence-electron chi connectivity index (χ4n) is 1.43. The molecule has 2 atom stereocenters. The Morgan fingerprint density at radius 3 is 2.32 bits per heavy atom. The normalized spacial score (nSPS) is 18.8. The highest BCUT2D eigenvalue weighted by atomic mass is 32.2. The minimum Gasteiger partial charge on any atom is -0.414 e. The minimum atomic E-state index is -3.64. The van der Waals surface area contributed by atoms with Crippen LogP contribution < -0.4 is 5.14 Å². The van der Waals surface area contributed by atoms with Crippen LogP contribution in [0.4, 0.5) is 4.39 Å². The van der Waals surface area contributed by atoms with Crippen LogP contribution in [0.5, 0.6) is 0 Å². The van der Waals surface area contributed by atoms with Gasteiger partial charge in [-0.05, 0) is 31.1 Å². The molecule has 0 bridgehead atoms. The first-order valence-corrected chi connectivity index (χ1v) is 12.2. The zero-order chi connectivity index (χ0) is 17.6. The fourth-order valence-corrected chi connectivity index (χ4v) is 4.42. The Kier molecular flexibility index (Phi) is 5.34. The molecule has 0 aliphatic carbocycles. The second kappa shape index (κ2) is 5.95. The molecule has 5 nitrogen and oxygen atoms in total. The second-order valence-electron chi connectivity index (χ2n) is 7.17. The average Bonchev–Trinajstić information content (AvgIpc) is 2.68. The van der Waals surface area contributed by atoms with E-state index < -0.39 is 29.7 Å². The Bertz CT molecular complexity index is 649. The smallest absolute Gasteiger partial charge is 0.192 e. The van der Waals surface area contributed by atoms with Crippen LogP contribution in [-0.4, -0.2) is 24.2 Å². The molecule has 4 N–H and O–H groups in total. The summed E-state index contributed by atoms with van der Waals surface area (Å²) >= 11 is 0.754. The third-order valence-corrected chi connectivity index (χ3v) is 11.4. The lowest BCUT2D eigenvalue weighted by atomic mass is 10.1. The summed E-state index contributed by atoms with van der Waals surface area (Å²) in [6, 6.07) is 1.08. The Balaban J connectivity index is 3.02. The van der Waals surface area contributed by atoms with Gasteiger partial charge in [-0.25, -0.2) is 18.5 Å². The number of nitrogens with two attached hydrogens (primary N) is 1. The molecule has 22 heavy (non-hydrogen) atoms. The van der Waals surface area contributed by atoms with Gasteiger partial charge < -0.3 is 9.53 Å². The molecule has 0 fully saturated rings. The maximum Gasteiger partial charge on any atom is 0.192 e. The first-order valence-electron chi connectivity index (χ1n) is 6.81. The highest BCUT2D eigenvalue weighted by molar-refractivity contribution is 7.92. The van der Waals surface area contributed by atoms with Crippen molar-refractivity contribution in [2.45, 2.75) is 55.6 Å². The van der Waals surface area contributed by atoms with Crippen molar-refractivity contribution in [1.82, 2.24) is 0 Å². The van der Waals surface area contributed by atoms with Crippen molar-refractivity contribution in [3.8, 4) is 0 Å². The number of halogens is 1. The minimum absolute atomic E-state index is 0.00659. The summed E-state index contributed by atoms with van der Waals surface area (Å²) in [5.74, 6) is -0.824. The molecule has 0 saturated carbocycles. The molecule has 0 aromatic carbocycles. The molecule has 0 aliphatic rings. The lowest BCUT2D eigenvalue weighted by Crippen LogP contribution is -2.44. The summed E-state index contributed by atoms with van der Waals surface area (Å²) in [6.45, 7) is 11.9. The molecule has 1 aromatic heterocycles. The quantitative estimate of drug-likeness (QED) is 0.695. The molecule has 0 aliphatic heterocycles. The predicted molar refractivity (Wildman–Crippen MR) is 90.3 cm³/mol. The van der Waals surface area contributed by atoms with E-state index in [-0.39, 0.29) is 20.7 Å². The number of aliphatic hydroxyl groups is 1. The van der Waals surface area contributed by atoms with Gasteiger partial charge in [-0.3, -0.25) is 0 Å². The standard InChI is InChI=1S/C13H25FN2O3S2Si/c1-12(2,3)22(5,6)19-8-13(4,17)10-7-9(14)11(20-10)21(15,16)18/h7,17H,8H2,1-6H3,(H3,15,16,18). The molecule has 0 spiro atoms. The largest absolute Gasteiger partial charge is 0.414 e. The van der Waals surface area contributed by atoms with E-state index in [1.807, 2.05) is 0 Å². The second-order valence-corrected chi connectivity index (χ2v) is 14.9. The van der Waals surface area contributed by atoms with Crippen LogP contribution in [0.3, 0.4) is 0 Å². The molecular weight excluding hydrogens is 343 g/mol. The first-order chi connectivity index (χ1) is 9.58. The van der Waals surface area contributed by atoms with Crippen molar-refractivity contribution >= 4 is 29.6 Å². The summed E-state index contributed by atoms with van der Waals surface area (Å²) in [5, 5.41) is 15.7. The number of thiophene rings is 1. The molecule has 1 aromatic rings. The summed E-state index contributed by atoms with van der Waals surface area (Å²) in [7, 11) is -5.70. The summed E-state index contributed by atoms with van der Waals surface area (Å²) in [6.07, 6.45) is 0. The summed E-state index contributed by atoms with van der Waals surface area (Å²) in [4.78, 5) is 0.254. The Morgan fingerprint density at radius 2 is 1.95 bits per heavy atom. The topological polar surface area (TPSA) is 96.4 Å². The monoisotopic (exact) mass is 368 g/mol. The predicted octanol–water partition coefficient (Wildman–Crippen LogP) is 3.40. The van der Waals surface area contributed by atoms with Crippen molar-refractivity contribution < 1.29 is 18.1 Å². The molecule has 1 heterocycles. The molecular formula is C13H25FN2O3S2Si. The van der Waals surface area contributed by atoms with E-state index in [0.29, 0.717) is 0 Å². The summed E-state index contributed by atoms with van der Waals surface area (Å²) in [5.41, 5.74) is -1.43. The van der Waals surface area contributed by atoms with Crippen LogP contribution in [0.25, 0.3) is 0 Å². The number of hydrogen-bond acceptors (Lipinski definition) is 5. The van der Waals surface area contributed by atoms with Crippen molar-refractivity contribution in [2.75, 3.05) is 6.61 Å². The molecule has 0 saturated heterocycles. The van der Waals surface area contributed by atoms with Gasteiger partial charge in [0.2, 0.25) is 0 Å². The van der Waals surface area contributed by atoms with Gasteiger partial charge in [0.05, 0.1) is 6.61 Å². The molecule has 1 rings (SSSR count). The molecule has 9 heteroatoms. The van der Waals surface area contributed by atoms with Crippen LogP contribution in [0.2, 0.25) is 18.1 Å². The maximum atomic E-state index is 13.8. The van der Waals surface area contributed by atoms with Gasteiger partial charge in [0.25, 0.3) is 0 Å². The van der Waals surface area contributed by atoms with Gasteiger partial charge >= 0.3 is 0 Å². The van der Waals surface area contributed by atoms with E-state index in [1.165, 1.54) is 6.92 Å². The van der Waals surface area contributed by atoms with Crippen LogP contribution in [0, 0.1) is 10.6 Å². The van der Waals surface area contributed by atoms with E-state index in [2.05, 4.69) is 33.9 Å². The van der Waals surface area contributed by atoms with Crippen LogP contribution in [0.15, 0.2) is 10.3 Å². The van der Waals surface area contributed by atoms with Crippen molar-refractivity contribution in [2.24, 2.45) is 5.14 Å². The Hall–Kier alpha value is -0.323. The van der Waals surface area contributed by atoms with Crippen LogP contribution >= 0.6 is 11.3 Å². The van der Waals surface area contributed by atoms with Gasteiger partial charge in [-0.2, -0.15) is 0 Å². The van der Waals surface area contributed by atoms with E-state index >= 15 is 0 Å². The van der Waals surface area contributed by atoms with Gasteiger partial charge in [0.15, 0.2) is 18.3 Å². The number of rotatable bonds is 5. The van der Waals surface area contributed by atoms with Gasteiger partial charge in [0.1, 0.15) is 15.5 Å². The fraction of sp³-hybridized carbons (Fsp3) is 0.692. The lowest BCUT2D eigenvalue weighted by Gasteiger charge is -2.38. The maximum absolute atomic E-state index is 13.8. The zero-order valence-electron chi connectivity index (χ0n) is 13.8. The SMILES string of the molecule is CC(O)(CO[Si](C)(C)C(C)(C)C)c1cc(F)c(S(=N)(N)=O)s1. The summed E-state index contributed by atoms with van der Waals surface area (Å²) < 4.78 is 38.2. The van der Waals surface area contributed by atoms with Crippen molar-refractivity contribution in [3.05, 3.63) is 16.8 Å². The van der Waals surface area contributed by atoms with Crippen molar-refractivity contribution in [3.63, 3.8) is 0 Å². The zero-order valence-corrected chi connectivity index (χ0v) is 16.5. The average molecular weight is 369 g/mol. The van der Waals surface area contributed by atoms with Crippen LogP contribution in [0.1, 0.15) is 32.6 Å². The van der Waals surface area contributed by atoms with Crippen LogP contribution in [-0.2, 0) is 19.9 Å². The van der Waals surface area contributed by atoms with Crippen molar-refractivity contribution in [1.29, 1.82) is 4.78 Å². The number of nitrogens with one attached hydrogen (secondary N) is 1. The third kappa shape index (κ3) is 4.36. The molecule has 128 valence electrons. The molecule has 2 unspecified atom stereocenters.